The van der Waals surface area contributed by atoms with Gasteiger partial charge in [0.2, 0.25) is 14.9 Å². The maximum atomic E-state index is 13.1. The summed E-state index contributed by atoms with van der Waals surface area (Å²) < 4.78 is 26.2. The Morgan fingerprint density at radius 2 is 1.68 bits per heavy atom. The lowest BCUT2D eigenvalue weighted by Gasteiger charge is -2.31. The smallest absolute Gasteiger partial charge is 0.286 e. The van der Waals surface area contributed by atoms with Crippen molar-refractivity contribution in [3.8, 4) is 0 Å². The van der Waals surface area contributed by atoms with Gasteiger partial charge in [0.05, 0.1) is 17.1 Å². The van der Waals surface area contributed by atoms with E-state index < -0.39 is 20.8 Å². The first-order valence-electron chi connectivity index (χ1n) is 9.21. The molecule has 1 fully saturated rings. The predicted octanol–water partition coefficient (Wildman–Crippen LogP) is 3.46. The first-order valence-corrected chi connectivity index (χ1v) is 11.1. The lowest BCUT2D eigenvalue weighted by Crippen LogP contribution is -2.45. The molecule has 2 heterocycles. The highest BCUT2D eigenvalue weighted by Gasteiger charge is 2.39. The standard InChI is InChI=1S/C20H20ClN3O3S/c21-16-10-8-15(9-11-16)14-24-17-6-2-3-7-18(17)28(26,27)19(22-24)20(25)23-12-4-1-5-13-23/h2-3,6-11H,1,4-5,12-14H2. The maximum Gasteiger partial charge on any atom is 0.286 e. The van der Waals surface area contributed by atoms with Gasteiger partial charge in [-0.15, -0.1) is 0 Å². The van der Waals surface area contributed by atoms with E-state index in [4.69, 9.17) is 11.6 Å². The summed E-state index contributed by atoms with van der Waals surface area (Å²) in [5.41, 5.74) is 1.37. The molecule has 2 aromatic carbocycles. The first kappa shape index (κ1) is 19.0. The van der Waals surface area contributed by atoms with Crippen LogP contribution < -0.4 is 5.01 Å². The number of nitrogens with zero attached hydrogens (tertiary/aromatic N) is 3. The Morgan fingerprint density at radius 1 is 1.00 bits per heavy atom. The van der Waals surface area contributed by atoms with E-state index in [0.717, 1.165) is 24.8 Å². The minimum absolute atomic E-state index is 0.110. The fourth-order valence-corrected chi connectivity index (χ4v) is 5.10. The number of sulfone groups is 1. The van der Waals surface area contributed by atoms with Crippen molar-refractivity contribution < 1.29 is 13.2 Å². The lowest BCUT2D eigenvalue weighted by molar-refractivity contribution is -0.124. The third-order valence-corrected chi connectivity index (χ3v) is 6.91. The third kappa shape index (κ3) is 3.52. The van der Waals surface area contributed by atoms with Gasteiger partial charge in [-0.3, -0.25) is 9.80 Å². The van der Waals surface area contributed by atoms with Gasteiger partial charge < -0.3 is 4.90 Å². The van der Waals surface area contributed by atoms with Crippen molar-refractivity contribution in [1.82, 2.24) is 4.90 Å². The monoisotopic (exact) mass is 417 g/mol. The molecule has 1 saturated heterocycles. The summed E-state index contributed by atoms with van der Waals surface area (Å²) in [7, 11) is -3.97. The molecule has 0 aromatic heterocycles. The molecule has 0 bridgehead atoms. The number of carbonyl (C=O) groups is 1. The molecule has 0 aliphatic carbocycles. The maximum absolute atomic E-state index is 13.1. The van der Waals surface area contributed by atoms with E-state index in [1.165, 1.54) is 6.07 Å². The van der Waals surface area contributed by atoms with Gasteiger partial charge in [-0.25, -0.2) is 8.42 Å². The molecule has 0 saturated carbocycles. The Morgan fingerprint density at radius 3 is 2.39 bits per heavy atom. The van der Waals surface area contributed by atoms with Crippen LogP contribution in [-0.2, 0) is 21.2 Å². The predicted molar refractivity (Wildman–Crippen MR) is 109 cm³/mol. The summed E-state index contributed by atoms with van der Waals surface area (Å²) in [6.45, 7) is 1.46. The number of halogens is 1. The second kappa shape index (κ2) is 7.56. The van der Waals surface area contributed by atoms with Crippen LogP contribution in [0.1, 0.15) is 24.8 Å². The van der Waals surface area contributed by atoms with E-state index >= 15 is 0 Å². The molecule has 4 rings (SSSR count). The second-order valence-electron chi connectivity index (χ2n) is 6.91. The Bertz CT molecular complexity index is 1030. The summed E-state index contributed by atoms with van der Waals surface area (Å²) in [5, 5.41) is 6.11. The normalized spacial score (nSPS) is 18.4. The first-order chi connectivity index (χ1) is 13.5. The molecule has 8 heteroatoms. The molecule has 2 aliphatic heterocycles. The molecule has 146 valence electrons. The molecule has 0 N–H and O–H groups in total. The van der Waals surface area contributed by atoms with E-state index in [2.05, 4.69) is 5.10 Å². The van der Waals surface area contributed by atoms with Gasteiger partial charge in [0, 0.05) is 18.1 Å². The molecule has 0 atom stereocenters. The number of benzene rings is 2. The van der Waals surface area contributed by atoms with Crippen molar-refractivity contribution in [2.45, 2.75) is 30.7 Å². The van der Waals surface area contributed by atoms with Gasteiger partial charge in [-0.05, 0) is 49.1 Å². The van der Waals surface area contributed by atoms with E-state index in [0.29, 0.717) is 30.3 Å². The van der Waals surface area contributed by atoms with Crippen LogP contribution >= 0.6 is 11.6 Å². The van der Waals surface area contributed by atoms with Crippen LogP contribution in [0.4, 0.5) is 5.69 Å². The van der Waals surface area contributed by atoms with Crippen LogP contribution in [0.25, 0.3) is 0 Å². The molecule has 2 aliphatic rings. The van der Waals surface area contributed by atoms with Gasteiger partial charge >= 0.3 is 0 Å². The average Bonchev–Trinajstić information content (AvgIpc) is 2.72. The Balaban J connectivity index is 1.75. The lowest BCUT2D eigenvalue weighted by atomic mass is 10.1. The van der Waals surface area contributed by atoms with Gasteiger partial charge in [0.25, 0.3) is 5.91 Å². The fraction of sp³-hybridized carbons (Fsp3) is 0.300. The Kier molecular flexibility index (Phi) is 5.12. The number of fused-ring (bicyclic) bond motifs is 1. The van der Waals surface area contributed by atoms with E-state index in [1.54, 1.807) is 40.2 Å². The number of anilines is 1. The van der Waals surface area contributed by atoms with Crippen molar-refractivity contribution in [1.29, 1.82) is 0 Å². The van der Waals surface area contributed by atoms with E-state index in [9.17, 15) is 13.2 Å². The van der Waals surface area contributed by atoms with E-state index in [-0.39, 0.29) is 4.90 Å². The SMILES string of the molecule is O=C(C1=NN(Cc2ccc(Cl)cc2)c2ccccc2S1(=O)=O)N1CCCCC1. The minimum Gasteiger partial charge on any atom is -0.337 e. The van der Waals surface area contributed by atoms with Crippen LogP contribution in [0.2, 0.25) is 5.02 Å². The van der Waals surface area contributed by atoms with Gasteiger partial charge in [-0.1, -0.05) is 35.9 Å². The molecular weight excluding hydrogens is 398 g/mol. The molecule has 0 unspecified atom stereocenters. The average molecular weight is 418 g/mol. The zero-order chi connectivity index (χ0) is 19.7. The number of rotatable bonds is 3. The number of hydrogen-bond donors (Lipinski definition) is 0. The van der Waals surface area contributed by atoms with Crippen LogP contribution in [0.15, 0.2) is 58.5 Å². The van der Waals surface area contributed by atoms with Crippen molar-refractivity contribution >= 4 is 38.1 Å². The van der Waals surface area contributed by atoms with Crippen LogP contribution in [-0.4, -0.2) is 37.4 Å². The van der Waals surface area contributed by atoms with Gasteiger partial charge in [0.1, 0.15) is 0 Å². The molecule has 28 heavy (non-hydrogen) atoms. The van der Waals surface area contributed by atoms with Crippen molar-refractivity contribution in [2.75, 3.05) is 18.1 Å². The van der Waals surface area contributed by atoms with Gasteiger partial charge in [-0.2, -0.15) is 5.10 Å². The summed E-state index contributed by atoms with van der Waals surface area (Å²) in [6, 6.07) is 13.9. The van der Waals surface area contributed by atoms with Gasteiger partial charge in [0.15, 0.2) is 0 Å². The quantitative estimate of drug-likeness (QED) is 0.766. The molecule has 6 nitrogen and oxygen atoms in total. The molecule has 1 amide bonds. The second-order valence-corrected chi connectivity index (χ2v) is 9.18. The number of para-hydroxylation sites is 1. The summed E-state index contributed by atoms with van der Waals surface area (Å²) >= 11 is 5.95. The summed E-state index contributed by atoms with van der Waals surface area (Å²) in [6.07, 6.45) is 2.81. The Labute approximate surface area is 169 Å². The number of likely N-dealkylation sites (tertiary alicyclic amines) is 1. The highest BCUT2D eigenvalue weighted by atomic mass is 35.5. The number of carbonyl (C=O) groups excluding carboxylic acids is 1. The number of piperidine rings is 1. The zero-order valence-corrected chi connectivity index (χ0v) is 16.8. The van der Waals surface area contributed by atoms with E-state index in [1.807, 2.05) is 12.1 Å². The fourth-order valence-electron chi connectivity index (χ4n) is 3.49. The van der Waals surface area contributed by atoms with Crippen molar-refractivity contribution in [3.63, 3.8) is 0 Å². The van der Waals surface area contributed by atoms with Crippen molar-refractivity contribution in [3.05, 3.63) is 59.1 Å². The number of hydrogen-bond acceptors (Lipinski definition) is 5. The largest absolute Gasteiger partial charge is 0.337 e. The Hall–Kier alpha value is -2.38. The third-order valence-electron chi connectivity index (χ3n) is 4.97. The highest BCUT2D eigenvalue weighted by Crippen LogP contribution is 2.33. The summed E-state index contributed by atoms with van der Waals surface area (Å²) in [4.78, 5) is 14.7. The van der Waals surface area contributed by atoms with Crippen molar-refractivity contribution in [2.24, 2.45) is 5.10 Å². The zero-order valence-electron chi connectivity index (χ0n) is 15.2. The molecule has 0 radical (unpaired) electrons. The molecular formula is C20H20ClN3O3S. The summed E-state index contributed by atoms with van der Waals surface area (Å²) in [5.74, 6) is -0.518. The van der Waals surface area contributed by atoms with Crippen LogP contribution in [0.3, 0.4) is 0 Å². The topological polar surface area (TPSA) is 70.0 Å². The molecule has 2 aromatic rings. The highest BCUT2D eigenvalue weighted by molar-refractivity contribution is 8.08. The number of hydrazone groups is 1. The van der Waals surface area contributed by atoms with Crippen LogP contribution in [0.5, 0.6) is 0 Å². The molecule has 0 spiro atoms. The van der Waals surface area contributed by atoms with Crippen LogP contribution in [0, 0.1) is 0 Å². The minimum atomic E-state index is -3.97. The number of amides is 1.